The van der Waals surface area contributed by atoms with Gasteiger partial charge in [0.1, 0.15) is 0 Å². The first kappa shape index (κ1) is 15.3. The number of aromatic nitrogens is 3. The molecule has 1 N–H and O–H groups in total. The number of nitrogens with zero attached hydrogens (tertiary/aromatic N) is 2. The molecule has 2 aromatic rings. The Morgan fingerprint density at radius 2 is 1.73 bits per heavy atom. The van der Waals surface area contributed by atoms with Gasteiger partial charge in [0.15, 0.2) is 5.65 Å². The molecule has 1 aliphatic heterocycles. The number of halogens is 3. The molecule has 3 heterocycles. The average molecular weight is 313 g/mol. The van der Waals surface area contributed by atoms with Crippen LogP contribution in [0.2, 0.25) is 0 Å². The summed E-state index contributed by atoms with van der Waals surface area (Å²) in [5.74, 6) is -1.07. The Labute approximate surface area is 125 Å². The molecule has 0 atom stereocenters. The van der Waals surface area contributed by atoms with Crippen molar-refractivity contribution >= 4 is 23.7 Å². The van der Waals surface area contributed by atoms with E-state index < -0.39 is 30.3 Å². The Bertz CT molecular complexity index is 711. The zero-order valence-corrected chi connectivity index (χ0v) is 12.6. The van der Waals surface area contributed by atoms with Crippen molar-refractivity contribution < 1.29 is 22.5 Å². The topological polar surface area (TPSA) is 60.0 Å². The SMILES string of the molecule is CC1(C)OB(c2cnc3nc(C(F)(F)F)[nH]c3c2)OC1(C)C. The van der Waals surface area contributed by atoms with Crippen molar-refractivity contribution in [3.63, 3.8) is 0 Å². The highest BCUT2D eigenvalue weighted by Crippen LogP contribution is 2.36. The Morgan fingerprint density at radius 1 is 1.14 bits per heavy atom. The van der Waals surface area contributed by atoms with E-state index in [4.69, 9.17) is 9.31 Å². The van der Waals surface area contributed by atoms with Crippen molar-refractivity contribution in [3.8, 4) is 0 Å². The fourth-order valence-corrected chi connectivity index (χ4v) is 2.16. The zero-order chi connectivity index (χ0) is 16.3. The molecule has 0 bridgehead atoms. The summed E-state index contributed by atoms with van der Waals surface area (Å²) in [6.07, 6.45) is -3.11. The van der Waals surface area contributed by atoms with Crippen molar-refractivity contribution in [1.82, 2.24) is 15.0 Å². The highest BCUT2D eigenvalue weighted by molar-refractivity contribution is 6.62. The maximum atomic E-state index is 12.7. The number of imidazole rings is 1. The van der Waals surface area contributed by atoms with Crippen molar-refractivity contribution in [2.45, 2.75) is 45.1 Å². The highest BCUT2D eigenvalue weighted by atomic mass is 19.4. The number of pyridine rings is 1. The number of fused-ring (bicyclic) bond motifs is 1. The first-order valence-electron chi connectivity index (χ1n) is 6.78. The number of hydrogen-bond donors (Lipinski definition) is 1. The minimum Gasteiger partial charge on any atom is -0.399 e. The summed E-state index contributed by atoms with van der Waals surface area (Å²) in [5, 5.41) is 0. The Morgan fingerprint density at radius 3 is 2.27 bits per heavy atom. The molecule has 9 heteroatoms. The predicted molar refractivity (Wildman–Crippen MR) is 74.6 cm³/mol. The molecule has 0 amide bonds. The molecule has 0 aliphatic carbocycles. The molecule has 0 radical (unpaired) electrons. The molecule has 22 heavy (non-hydrogen) atoms. The van der Waals surface area contributed by atoms with Crippen LogP contribution in [0.5, 0.6) is 0 Å². The summed E-state index contributed by atoms with van der Waals surface area (Å²) in [4.78, 5) is 9.62. The van der Waals surface area contributed by atoms with Gasteiger partial charge < -0.3 is 14.3 Å². The molecule has 1 saturated heterocycles. The van der Waals surface area contributed by atoms with E-state index in [0.717, 1.165) is 0 Å². The van der Waals surface area contributed by atoms with Crippen molar-refractivity contribution in [2.24, 2.45) is 0 Å². The van der Waals surface area contributed by atoms with Gasteiger partial charge in [-0.25, -0.2) is 9.97 Å². The van der Waals surface area contributed by atoms with E-state index in [1.54, 1.807) is 0 Å². The Balaban J connectivity index is 1.97. The lowest BCUT2D eigenvalue weighted by molar-refractivity contribution is -0.144. The zero-order valence-electron chi connectivity index (χ0n) is 12.6. The first-order chi connectivity index (χ1) is 9.99. The van der Waals surface area contributed by atoms with E-state index in [9.17, 15) is 13.2 Å². The average Bonchev–Trinajstić information content (AvgIpc) is 2.87. The molecule has 118 valence electrons. The molecule has 2 aromatic heterocycles. The number of alkyl halides is 3. The minimum absolute atomic E-state index is 0.00703. The predicted octanol–water partition coefficient (Wildman–Crippen LogP) is 2.28. The van der Waals surface area contributed by atoms with Gasteiger partial charge in [0.2, 0.25) is 5.82 Å². The molecule has 5 nitrogen and oxygen atoms in total. The molecule has 0 saturated carbocycles. The number of aromatic amines is 1. The maximum Gasteiger partial charge on any atom is 0.496 e. The Kier molecular flexibility index (Phi) is 3.10. The lowest BCUT2D eigenvalue weighted by atomic mass is 9.80. The van der Waals surface area contributed by atoms with E-state index in [1.165, 1.54) is 12.3 Å². The van der Waals surface area contributed by atoms with Gasteiger partial charge in [0, 0.05) is 11.7 Å². The van der Waals surface area contributed by atoms with Crippen LogP contribution in [-0.4, -0.2) is 33.3 Å². The summed E-state index contributed by atoms with van der Waals surface area (Å²) >= 11 is 0. The van der Waals surface area contributed by atoms with Gasteiger partial charge in [-0.2, -0.15) is 13.2 Å². The van der Waals surface area contributed by atoms with Gasteiger partial charge in [0.05, 0.1) is 16.7 Å². The van der Waals surface area contributed by atoms with Crippen LogP contribution < -0.4 is 5.46 Å². The fraction of sp³-hybridized carbons (Fsp3) is 0.538. The minimum atomic E-state index is -4.54. The lowest BCUT2D eigenvalue weighted by Crippen LogP contribution is -2.41. The van der Waals surface area contributed by atoms with Crippen LogP contribution in [0.4, 0.5) is 13.2 Å². The second-order valence-electron chi connectivity index (χ2n) is 6.31. The third kappa shape index (κ3) is 2.38. The second-order valence-corrected chi connectivity index (χ2v) is 6.31. The summed E-state index contributed by atoms with van der Waals surface area (Å²) < 4.78 is 49.7. The first-order valence-corrected chi connectivity index (χ1v) is 6.78. The van der Waals surface area contributed by atoms with Crippen LogP contribution in [0.1, 0.15) is 33.5 Å². The lowest BCUT2D eigenvalue weighted by Gasteiger charge is -2.32. The molecule has 3 rings (SSSR count). The Hall–Kier alpha value is -1.61. The van der Waals surface area contributed by atoms with E-state index in [1.807, 2.05) is 27.7 Å². The number of nitrogens with one attached hydrogen (secondary N) is 1. The van der Waals surface area contributed by atoms with E-state index in [-0.39, 0.29) is 11.2 Å². The third-order valence-corrected chi connectivity index (χ3v) is 4.15. The van der Waals surface area contributed by atoms with Crippen LogP contribution in [0.3, 0.4) is 0 Å². The normalized spacial score (nSPS) is 20.8. The summed E-state index contributed by atoms with van der Waals surface area (Å²) in [6, 6.07) is 1.52. The number of H-pyrrole nitrogens is 1. The van der Waals surface area contributed by atoms with Crippen molar-refractivity contribution in [1.29, 1.82) is 0 Å². The summed E-state index contributed by atoms with van der Waals surface area (Å²) in [6.45, 7) is 7.60. The summed E-state index contributed by atoms with van der Waals surface area (Å²) in [7, 11) is -0.681. The van der Waals surface area contributed by atoms with Crippen LogP contribution >= 0.6 is 0 Å². The smallest absolute Gasteiger partial charge is 0.399 e. The van der Waals surface area contributed by atoms with Crippen molar-refractivity contribution in [2.75, 3.05) is 0 Å². The molecular formula is C13H15BF3N3O2. The van der Waals surface area contributed by atoms with Gasteiger partial charge >= 0.3 is 13.3 Å². The second kappa shape index (κ2) is 4.45. The van der Waals surface area contributed by atoms with Gasteiger partial charge in [-0.1, -0.05) is 0 Å². The molecular weight excluding hydrogens is 298 g/mol. The van der Waals surface area contributed by atoms with Crippen molar-refractivity contribution in [3.05, 3.63) is 18.1 Å². The van der Waals surface area contributed by atoms with Gasteiger partial charge in [0.25, 0.3) is 0 Å². The number of rotatable bonds is 1. The quantitative estimate of drug-likeness (QED) is 0.821. The van der Waals surface area contributed by atoms with E-state index >= 15 is 0 Å². The van der Waals surface area contributed by atoms with Crippen LogP contribution in [0, 0.1) is 0 Å². The molecule has 0 unspecified atom stereocenters. The fourth-order valence-electron chi connectivity index (χ4n) is 2.16. The van der Waals surface area contributed by atoms with Crippen LogP contribution in [-0.2, 0) is 15.5 Å². The van der Waals surface area contributed by atoms with E-state index in [2.05, 4.69) is 15.0 Å². The monoisotopic (exact) mass is 313 g/mol. The highest BCUT2D eigenvalue weighted by Gasteiger charge is 2.52. The van der Waals surface area contributed by atoms with Crippen LogP contribution in [0.15, 0.2) is 12.3 Å². The molecule has 0 spiro atoms. The third-order valence-electron chi connectivity index (χ3n) is 4.15. The van der Waals surface area contributed by atoms with E-state index in [0.29, 0.717) is 5.46 Å². The summed E-state index contributed by atoms with van der Waals surface area (Å²) in [5.41, 5.74) is -0.314. The van der Waals surface area contributed by atoms with Gasteiger partial charge in [-0.3, -0.25) is 0 Å². The molecule has 1 aliphatic rings. The number of hydrogen-bond acceptors (Lipinski definition) is 4. The largest absolute Gasteiger partial charge is 0.496 e. The van der Waals surface area contributed by atoms with Gasteiger partial charge in [-0.15, -0.1) is 0 Å². The standard InChI is InChI=1S/C13H15BF3N3O2/c1-11(2)12(3,4)22-14(21-11)7-5-8-9(18-6-7)20-10(19-8)13(15,16)17/h5-6H,1-4H3,(H,18,19,20). The van der Waals surface area contributed by atoms with Gasteiger partial charge in [-0.05, 0) is 33.8 Å². The molecule has 0 aromatic carbocycles. The van der Waals surface area contributed by atoms with Crippen LogP contribution in [0.25, 0.3) is 11.2 Å². The maximum absolute atomic E-state index is 12.7. The molecule has 1 fully saturated rings.